The van der Waals surface area contributed by atoms with E-state index in [2.05, 4.69) is 32.0 Å². The highest BCUT2D eigenvalue weighted by Crippen LogP contribution is 2.43. The van der Waals surface area contributed by atoms with E-state index in [1.54, 1.807) is 24.3 Å². The summed E-state index contributed by atoms with van der Waals surface area (Å²) in [6, 6.07) is 18.0. The molecule has 0 aliphatic carbocycles. The van der Waals surface area contributed by atoms with Crippen LogP contribution in [0.25, 0.3) is 11.1 Å². The molecular formula is C25H21NO5. The van der Waals surface area contributed by atoms with E-state index in [0.29, 0.717) is 18.1 Å². The Morgan fingerprint density at radius 3 is 2.32 bits per heavy atom. The van der Waals surface area contributed by atoms with E-state index in [1.165, 1.54) is 30.2 Å². The van der Waals surface area contributed by atoms with Crippen LogP contribution in [0.3, 0.4) is 0 Å². The molecule has 1 aliphatic rings. The minimum atomic E-state index is -0.411. The molecule has 156 valence electrons. The minimum absolute atomic E-state index is 0.0366. The molecular weight excluding hydrogens is 394 g/mol. The van der Waals surface area contributed by atoms with E-state index in [-0.39, 0.29) is 5.69 Å². The largest absolute Gasteiger partial charge is 0.488 e. The number of esters is 1. The lowest BCUT2D eigenvalue weighted by Crippen LogP contribution is -2.12. The molecule has 1 aliphatic heterocycles. The van der Waals surface area contributed by atoms with E-state index < -0.39 is 10.9 Å². The van der Waals surface area contributed by atoms with Crippen molar-refractivity contribution in [1.82, 2.24) is 0 Å². The Morgan fingerprint density at radius 2 is 1.68 bits per heavy atom. The Balaban J connectivity index is 1.91. The van der Waals surface area contributed by atoms with Crippen LogP contribution in [0.5, 0.6) is 11.5 Å². The summed E-state index contributed by atoms with van der Waals surface area (Å²) in [6.07, 6.45) is 0. The molecule has 6 heteroatoms. The van der Waals surface area contributed by atoms with E-state index >= 15 is 0 Å². The number of carbonyl (C=O) groups excluding carboxylic acids is 1. The van der Waals surface area contributed by atoms with Crippen molar-refractivity contribution in [3.05, 3.63) is 98.6 Å². The fourth-order valence-electron chi connectivity index (χ4n) is 3.68. The topological polar surface area (TPSA) is 78.7 Å². The van der Waals surface area contributed by atoms with Crippen molar-refractivity contribution in [2.75, 3.05) is 6.61 Å². The average molecular weight is 415 g/mol. The van der Waals surface area contributed by atoms with Gasteiger partial charge < -0.3 is 9.47 Å². The summed E-state index contributed by atoms with van der Waals surface area (Å²) in [4.78, 5) is 22.0. The summed E-state index contributed by atoms with van der Waals surface area (Å²) >= 11 is 0. The van der Waals surface area contributed by atoms with Crippen LogP contribution in [0, 0.1) is 24.0 Å². The van der Waals surface area contributed by atoms with Crippen molar-refractivity contribution in [2.24, 2.45) is 0 Å². The Hall–Kier alpha value is -3.93. The number of hydrogen-bond donors (Lipinski definition) is 0. The third-order valence-electron chi connectivity index (χ3n) is 5.38. The van der Waals surface area contributed by atoms with Crippen molar-refractivity contribution in [1.29, 1.82) is 0 Å². The molecule has 6 nitrogen and oxygen atoms in total. The molecule has 0 fully saturated rings. The molecule has 3 aromatic rings. The zero-order valence-electron chi connectivity index (χ0n) is 17.5. The van der Waals surface area contributed by atoms with Crippen molar-refractivity contribution in [3.63, 3.8) is 0 Å². The van der Waals surface area contributed by atoms with Gasteiger partial charge in [0.05, 0.1) is 4.92 Å². The molecule has 0 amide bonds. The summed E-state index contributed by atoms with van der Waals surface area (Å²) in [7, 11) is 0. The lowest BCUT2D eigenvalue weighted by Gasteiger charge is -2.25. The normalized spacial score (nSPS) is 12.7. The number of rotatable bonds is 4. The molecule has 0 bridgehead atoms. The number of non-ortho nitro benzene ring substituents is 1. The maximum absolute atomic E-state index is 11.3. The first-order chi connectivity index (χ1) is 14.8. The van der Waals surface area contributed by atoms with Gasteiger partial charge in [-0.25, -0.2) is 0 Å². The number of nitro groups is 1. The number of hydrogen-bond acceptors (Lipinski definition) is 5. The minimum Gasteiger partial charge on any atom is -0.488 e. The highest BCUT2D eigenvalue weighted by molar-refractivity contribution is 6.02. The smallest absolute Gasteiger partial charge is 0.308 e. The second-order valence-corrected chi connectivity index (χ2v) is 7.50. The summed E-state index contributed by atoms with van der Waals surface area (Å²) in [5, 5.41) is 11.1. The van der Waals surface area contributed by atoms with Gasteiger partial charge in [0.1, 0.15) is 18.1 Å². The molecule has 1 heterocycles. The molecule has 0 spiro atoms. The summed E-state index contributed by atoms with van der Waals surface area (Å²) < 4.78 is 11.2. The third-order valence-corrected chi connectivity index (χ3v) is 5.38. The van der Waals surface area contributed by atoms with Crippen LogP contribution in [0.2, 0.25) is 0 Å². The van der Waals surface area contributed by atoms with Crippen LogP contribution in [0.4, 0.5) is 5.69 Å². The predicted octanol–water partition coefficient (Wildman–Crippen LogP) is 5.49. The third kappa shape index (κ3) is 4.05. The molecule has 0 N–H and O–H groups in total. The average Bonchev–Trinajstić information content (AvgIpc) is 2.74. The number of benzene rings is 3. The van der Waals surface area contributed by atoms with Crippen LogP contribution in [0.15, 0.2) is 60.7 Å². The van der Waals surface area contributed by atoms with Gasteiger partial charge in [-0.1, -0.05) is 18.2 Å². The first-order valence-electron chi connectivity index (χ1n) is 9.84. The Bertz CT molecular complexity index is 1230. The Morgan fingerprint density at radius 1 is 0.968 bits per heavy atom. The molecule has 0 saturated carbocycles. The maximum atomic E-state index is 11.3. The van der Waals surface area contributed by atoms with Gasteiger partial charge in [-0.3, -0.25) is 14.9 Å². The maximum Gasteiger partial charge on any atom is 0.308 e. The highest BCUT2D eigenvalue weighted by atomic mass is 16.6. The predicted molar refractivity (Wildman–Crippen MR) is 118 cm³/mol. The zero-order valence-corrected chi connectivity index (χ0v) is 17.5. The lowest BCUT2D eigenvalue weighted by molar-refractivity contribution is -0.384. The fourth-order valence-corrected chi connectivity index (χ4v) is 3.68. The zero-order chi connectivity index (χ0) is 22.1. The first-order valence-corrected chi connectivity index (χ1v) is 9.84. The van der Waals surface area contributed by atoms with Crippen LogP contribution in [-0.4, -0.2) is 17.5 Å². The molecule has 3 aromatic carbocycles. The van der Waals surface area contributed by atoms with Crippen LogP contribution >= 0.6 is 0 Å². The van der Waals surface area contributed by atoms with Crippen molar-refractivity contribution >= 4 is 22.8 Å². The van der Waals surface area contributed by atoms with Crippen molar-refractivity contribution < 1.29 is 19.2 Å². The monoisotopic (exact) mass is 415 g/mol. The second kappa shape index (κ2) is 8.07. The van der Waals surface area contributed by atoms with E-state index in [1.807, 2.05) is 6.07 Å². The quantitative estimate of drug-likeness (QED) is 0.244. The van der Waals surface area contributed by atoms with Gasteiger partial charge in [-0.05, 0) is 65.9 Å². The number of nitro benzene ring substituents is 1. The van der Waals surface area contributed by atoms with Gasteiger partial charge in [0.15, 0.2) is 0 Å². The molecule has 0 unspecified atom stereocenters. The molecule has 0 atom stereocenters. The van der Waals surface area contributed by atoms with Gasteiger partial charge in [-0.2, -0.15) is 0 Å². The molecule has 0 aromatic heterocycles. The number of nitrogens with zero attached hydrogens (tertiary/aromatic N) is 1. The molecule has 31 heavy (non-hydrogen) atoms. The van der Waals surface area contributed by atoms with Gasteiger partial charge in [0, 0.05) is 36.3 Å². The van der Waals surface area contributed by atoms with E-state index in [0.717, 1.165) is 27.8 Å². The molecule has 0 radical (unpaired) electrons. The van der Waals surface area contributed by atoms with Crippen LogP contribution in [0.1, 0.15) is 34.7 Å². The van der Waals surface area contributed by atoms with Crippen LogP contribution < -0.4 is 9.47 Å². The lowest BCUT2D eigenvalue weighted by atomic mass is 9.87. The van der Waals surface area contributed by atoms with Gasteiger partial charge in [-0.15, -0.1) is 0 Å². The van der Waals surface area contributed by atoms with E-state index in [9.17, 15) is 14.9 Å². The van der Waals surface area contributed by atoms with Gasteiger partial charge in [0.2, 0.25) is 0 Å². The summed E-state index contributed by atoms with van der Waals surface area (Å²) in [6.45, 7) is 5.80. The van der Waals surface area contributed by atoms with Crippen LogP contribution in [-0.2, 0) is 4.79 Å². The highest BCUT2D eigenvalue weighted by Gasteiger charge is 2.24. The Labute approximate surface area is 179 Å². The number of ether oxygens (including phenoxy) is 2. The first kappa shape index (κ1) is 20.3. The number of aryl methyl sites for hydroxylation is 2. The molecule has 4 rings (SSSR count). The second-order valence-electron chi connectivity index (χ2n) is 7.50. The van der Waals surface area contributed by atoms with E-state index in [4.69, 9.17) is 9.47 Å². The fraction of sp³-hybridized carbons (Fsp3) is 0.160. The Kier molecular flexibility index (Phi) is 5.29. The summed E-state index contributed by atoms with van der Waals surface area (Å²) in [5.74, 6) is 0.598. The number of fused-ring (bicyclic) bond motifs is 1. The SMILES string of the molecule is CC(=O)Oc1ccc2c(c1)OCC(c1ccc(C)c(C)c1)=C2c1ccc([N+](=O)[O-])cc1. The van der Waals surface area contributed by atoms with Crippen molar-refractivity contribution in [2.45, 2.75) is 20.8 Å². The van der Waals surface area contributed by atoms with Gasteiger partial charge >= 0.3 is 5.97 Å². The molecule has 0 saturated heterocycles. The van der Waals surface area contributed by atoms with Crippen molar-refractivity contribution in [3.8, 4) is 11.5 Å². The summed E-state index contributed by atoms with van der Waals surface area (Å²) in [5.41, 5.74) is 7.06. The van der Waals surface area contributed by atoms with Gasteiger partial charge in [0.25, 0.3) is 5.69 Å². The number of carbonyl (C=O) groups is 1. The standard InChI is InChI=1S/C25H21NO5/c1-15-4-5-19(12-16(15)2)23-14-30-24-13-21(31-17(3)27)10-11-22(24)25(23)18-6-8-20(9-7-18)26(28)29/h4-13H,14H2,1-3H3.